The smallest absolute Gasteiger partial charge is 0.189 e. The van der Waals surface area contributed by atoms with Gasteiger partial charge in [-0.1, -0.05) is 0 Å². The fraction of sp³-hybridized carbons (Fsp3) is 1.00. The lowest BCUT2D eigenvalue weighted by molar-refractivity contribution is -0.376. The Labute approximate surface area is 130 Å². The van der Waals surface area contributed by atoms with Gasteiger partial charge < -0.3 is 55.1 Å². The standard InChI is InChI=1S/C12H22O11/c13-1-3-5(15)7(17)9(19)11(21-3)23-12-10(20)8(18)6(16)4(2-14)22-12/h3-20H,1-2H2/t3-,4+,5+,6-,7-,8-,9+,10+,11-,12+/m0/s1. The first-order valence-electron chi connectivity index (χ1n) is 7.08. The molecule has 8 N–H and O–H groups in total. The highest BCUT2D eigenvalue weighted by molar-refractivity contribution is 4.92. The van der Waals surface area contributed by atoms with Crippen molar-refractivity contribution in [2.24, 2.45) is 0 Å². The van der Waals surface area contributed by atoms with Gasteiger partial charge in [-0.15, -0.1) is 0 Å². The predicted molar refractivity (Wildman–Crippen MR) is 68.6 cm³/mol. The number of aliphatic hydroxyl groups excluding tert-OH is 8. The Bertz CT molecular complexity index is 344. The van der Waals surface area contributed by atoms with Crippen LogP contribution in [-0.4, -0.2) is 115 Å². The average molecular weight is 342 g/mol. The van der Waals surface area contributed by atoms with E-state index in [1.54, 1.807) is 0 Å². The molecule has 11 heteroatoms. The third-order valence-electron chi connectivity index (χ3n) is 3.97. The summed E-state index contributed by atoms with van der Waals surface area (Å²) in [5, 5.41) is 76.4. The van der Waals surface area contributed by atoms with Gasteiger partial charge in [-0.05, 0) is 0 Å². The third-order valence-corrected chi connectivity index (χ3v) is 3.97. The van der Waals surface area contributed by atoms with Gasteiger partial charge >= 0.3 is 0 Å². The monoisotopic (exact) mass is 342 g/mol. The van der Waals surface area contributed by atoms with Gasteiger partial charge in [0.15, 0.2) is 12.6 Å². The van der Waals surface area contributed by atoms with Gasteiger partial charge in [0.05, 0.1) is 13.2 Å². The summed E-state index contributed by atoms with van der Waals surface area (Å²) in [6.45, 7) is -1.33. The van der Waals surface area contributed by atoms with Crippen molar-refractivity contribution in [3.8, 4) is 0 Å². The zero-order valence-electron chi connectivity index (χ0n) is 12.0. The molecule has 23 heavy (non-hydrogen) atoms. The van der Waals surface area contributed by atoms with E-state index in [4.69, 9.17) is 24.4 Å². The topological polar surface area (TPSA) is 190 Å². The first-order chi connectivity index (χ1) is 10.8. The number of ether oxygens (including phenoxy) is 3. The van der Waals surface area contributed by atoms with E-state index in [1.165, 1.54) is 0 Å². The lowest BCUT2D eigenvalue weighted by Crippen LogP contribution is -2.63. The molecule has 136 valence electrons. The van der Waals surface area contributed by atoms with Crippen LogP contribution in [-0.2, 0) is 14.2 Å². The van der Waals surface area contributed by atoms with Gasteiger partial charge in [-0.2, -0.15) is 0 Å². The van der Waals surface area contributed by atoms with Crippen molar-refractivity contribution in [3.63, 3.8) is 0 Å². The molecule has 0 aliphatic carbocycles. The summed E-state index contributed by atoms with van der Waals surface area (Å²) in [4.78, 5) is 0. The fourth-order valence-corrected chi connectivity index (χ4v) is 2.49. The van der Waals surface area contributed by atoms with E-state index in [2.05, 4.69) is 0 Å². The number of hydrogen-bond donors (Lipinski definition) is 8. The summed E-state index contributed by atoms with van der Waals surface area (Å²) in [6.07, 6.45) is -15.6. The Hall–Kier alpha value is -0.440. The maximum Gasteiger partial charge on any atom is 0.189 e. The molecule has 2 aliphatic rings. The Morgan fingerprint density at radius 1 is 0.565 bits per heavy atom. The van der Waals surface area contributed by atoms with E-state index in [-0.39, 0.29) is 0 Å². The van der Waals surface area contributed by atoms with Gasteiger partial charge in [-0.25, -0.2) is 0 Å². The molecule has 10 atom stereocenters. The quantitative estimate of drug-likeness (QED) is 0.243. The Morgan fingerprint density at radius 3 is 1.22 bits per heavy atom. The van der Waals surface area contributed by atoms with Gasteiger partial charge in [0.2, 0.25) is 0 Å². The highest BCUT2D eigenvalue weighted by Crippen LogP contribution is 2.27. The number of rotatable bonds is 4. The largest absolute Gasteiger partial charge is 0.394 e. The first kappa shape index (κ1) is 18.9. The van der Waals surface area contributed by atoms with Crippen LogP contribution in [0.25, 0.3) is 0 Å². The van der Waals surface area contributed by atoms with Crippen LogP contribution >= 0.6 is 0 Å². The summed E-state index contributed by atoms with van der Waals surface area (Å²) < 4.78 is 15.3. The molecule has 2 saturated heterocycles. The summed E-state index contributed by atoms with van der Waals surface area (Å²) in [5.41, 5.74) is 0. The maximum absolute atomic E-state index is 9.84. The molecule has 0 spiro atoms. The Kier molecular flexibility index (Phi) is 6.27. The van der Waals surface area contributed by atoms with E-state index < -0.39 is 74.6 Å². The molecule has 0 unspecified atom stereocenters. The second-order valence-electron chi connectivity index (χ2n) is 5.53. The summed E-state index contributed by atoms with van der Waals surface area (Å²) in [6, 6.07) is 0. The third kappa shape index (κ3) is 3.65. The van der Waals surface area contributed by atoms with Crippen LogP contribution in [0.1, 0.15) is 0 Å². The molecule has 0 radical (unpaired) electrons. The van der Waals surface area contributed by atoms with Gasteiger partial charge in [-0.3, -0.25) is 0 Å². The molecule has 2 rings (SSSR count). The van der Waals surface area contributed by atoms with Crippen LogP contribution in [0.15, 0.2) is 0 Å². The minimum atomic E-state index is -1.72. The van der Waals surface area contributed by atoms with Gasteiger partial charge in [0, 0.05) is 0 Å². The lowest BCUT2D eigenvalue weighted by Gasteiger charge is -2.44. The molecule has 2 aliphatic heterocycles. The van der Waals surface area contributed by atoms with Gasteiger partial charge in [0.25, 0.3) is 0 Å². The van der Waals surface area contributed by atoms with E-state index in [0.29, 0.717) is 0 Å². The summed E-state index contributed by atoms with van der Waals surface area (Å²) >= 11 is 0. The van der Waals surface area contributed by atoms with E-state index >= 15 is 0 Å². The fourth-order valence-electron chi connectivity index (χ4n) is 2.49. The molecule has 0 aromatic rings. The highest BCUT2D eigenvalue weighted by Gasteiger charge is 2.49. The minimum Gasteiger partial charge on any atom is -0.394 e. The predicted octanol–water partition coefficient (Wildman–Crippen LogP) is -5.40. The molecule has 0 saturated carbocycles. The van der Waals surface area contributed by atoms with Crippen LogP contribution in [0.4, 0.5) is 0 Å². The Balaban J connectivity index is 2.07. The first-order valence-corrected chi connectivity index (χ1v) is 7.08. The van der Waals surface area contributed by atoms with E-state index in [1.807, 2.05) is 0 Å². The van der Waals surface area contributed by atoms with Crippen LogP contribution in [0, 0.1) is 0 Å². The van der Waals surface area contributed by atoms with Crippen molar-refractivity contribution in [2.45, 2.75) is 61.4 Å². The van der Waals surface area contributed by atoms with Crippen LogP contribution < -0.4 is 0 Å². The molecule has 0 amide bonds. The second kappa shape index (κ2) is 7.63. The SMILES string of the molecule is OC[C@@H]1O[C@@H](O[C@H]2O[C@H](CO)[C@H](O)[C@H](O)[C@H]2O)[C@H](O)[C@@H](O)[C@@H]1O. The zero-order valence-corrected chi connectivity index (χ0v) is 12.0. The molecular formula is C12H22O11. The summed E-state index contributed by atoms with van der Waals surface area (Å²) in [5.74, 6) is 0. The number of aliphatic hydroxyl groups is 8. The molecule has 11 nitrogen and oxygen atoms in total. The van der Waals surface area contributed by atoms with Crippen LogP contribution in [0.2, 0.25) is 0 Å². The molecule has 0 aromatic carbocycles. The summed E-state index contributed by atoms with van der Waals surface area (Å²) in [7, 11) is 0. The molecule has 2 heterocycles. The van der Waals surface area contributed by atoms with Crippen LogP contribution in [0.5, 0.6) is 0 Å². The lowest BCUT2D eigenvalue weighted by atomic mass is 9.98. The van der Waals surface area contributed by atoms with Crippen molar-refractivity contribution in [1.82, 2.24) is 0 Å². The van der Waals surface area contributed by atoms with E-state index in [0.717, 1.165) is 0 Å². The van der Waals surface area contributed by atoms with Crippen molar-refractivity contribution >= 4 is 0 Å². The van der Waals surface area contributed by atoms with Crippen molar-refractivity contribution < 1.29 is 55.1 Å². The van der Waals surface area contributed by atoms with Gasteiger partial charge in [0.1, 0.15) is 48.8 Å². The average Bonchev–Trinajstić information content (AvgIpc) is 2.55. The molecule has 0 aromatic heterocycles. The molecule has 0 bridgehead atoms. The van der Waals surface area contributed by atoms with E-state index in [9.17, 15) is 30.6 Å². The second-order valence-corrected chi connectivity index (χ2v) is 5.53. The maximum atomic E-state index is 9.84. The van der Waals surface area contributed by atoms with Crippen molar-refractivity contribution in [3.05, 3.63) is 0 Å². The Morgan fingerprint density at radius 2 is 0.913 bits per heavy atom. The van der Waals surface area contributed by atoms with Crippen molar-refractivity contribution in [1.29, 1.82) is 0 Å². The number of hydrogen-bond acceptors (Lipinski definition) is 11. The normalized spacial score (nSPS) is 51.7. The zero-order chi connectivity index (χ0) is 17.3. The minimum absolute atomic E-state index is 0.667. The highest BCUT2D eigenvalue weighted by atomic mass is 16.8. The van der Waals surface area contributed by atoms with Crippen molar-refractivity contribution in [2.75, 3.05) is 13.2 Å². The van der Waals surface area contributed by atoms with Crippen LogP contribution in [0.3, 0.4) is 0 Å². The molecule has 2 fully saturated rings. The molecular weight excluding hydrogens is 320 g/mol.